The lowest BCUT2D eigenvalue weighted by molar-refractivity contribution is -0.134. The van der Waals surface area contributed by atoms with E-state index in [2.05, 4.69) is 78.9 Å². The number of sulfone groups is 1. The number of aliphatic carboxylic acids is 1. The summed E-state index contributed by atoms with van der Waals surface area (Å²) in [5.41, 5.74) is 17.9. The number of fused-ring (bicyclic) bond motifs is 2. The number of anilines is 3. The number of halogens is 2. The summed E-state index contributed by atoms with van der Waals surface area (Å²) in [7, 11) is -3.48. The van der Waals surface area contributed by atoms with E-state index in [0.717, 1.165) is 40.8 Å². The van der Waals surface area contributed by atoms with Crippen molar-refractivity contribution in [1.29, 1.82) is 0 Å². The van der Waals surface area contributed by atoms with Gasteiger partial charge >= 0.3 is 0 Å². The Hall–Kier alpha value is -5.98. The minimum absolute atomic E-state index is 0. The van der Waals surface area contributed by atoms with Crippen molar-refractivity contribution in [3.8, 4) is 11.4 Å². The van der Waals surface area contributed by atoms with Gasteiger partial charge in [0.25, 0.3) is 17.1 Å². The maximum Gasteiger partial charge on any atom is 0.300 e. The smallest absolute Gasteiger partial charge is 0.300 e. The first-order chi connectivity index (χ1) is 30.5. The molecule has 4 heterocycles. The molecular formula is C48H56Cl2N8O6S3. The van der Waals surface area contributed by atoms with E-state index < -0.39 is 15.8 Å². The SMILES string of the molecule is C.C.CC(=O)O.CCS(=O)(=O)c1nc2ncn(-c3c(C)cccc3Cl)c(=O)c2s1.Cc1cc(N)cc(C)c1C.Cc1cc(Nc2nc3ncn(-c4c(C)cccc4Cl)c(=O)c3s2)cc(C)c1C. The molecule has 0 aliphatic heterocycles. The third kappa shape index (κ3) is 12.9. The van der Waals surface area contributed by atoms with Crippen LogP contribution in [0.2, 0.25) is 10.0 Å². The second-order valence-electron chi connectivity index (χ2n) is 15.0. The largest absolute Gasteiger partial charge is 0.481 e. The van der Waals surface area contributed by atoms with Crippen LogP contribution in [-0.4, -0.2) is 54.3 Å². The number of para-hydroxylation sites is 2. The highest BCUT2D eigenvalue weighted by atomic mass is 35.5. The van der Waals surface area contributed by atoms with Crippen LogP contribution < -0.4 is 22.2 Å². The van der Waals surface area contributed by atoms with Crippen LogP contribution in [0.15, 0.2) is 87.2 Å². The topological polar surface area (TPSA) is 205 Å². The van der Waals surface area contributed by atoms with Crippen molar-refractivity contribution in [3.63, 3.8) is 0 Å². The minimum atomic E-state index is -3.48. The van der Waals surface area contributed by atoms with Crippen LogP contribution in [0.3, 0.4) is 0 Å². The summed E-state index contributed by atoms with van der Waals surface area (Å²) in [6.07, 6.45) is 2.81. The predicted molar refractivity (Wildman–Crippen MR) is 279 cm³/mol. The van der Waals surface area contributed by atoms with Gasteiger partial charge in [-0.15, -0.1) is 0 Å². The molecule has 0 bridgehead atoms. The summed E-state index contributed by atoms with van der Waals surface area (Å²) in [6.45, 7) is 18.9. The molecule has 19 heteroatoms. The molecule has 67 heavy (non-hydrogen) atoms. The molecule has 0 aliphatic rings. The molecule has 8 rings (SSSR count). The molecule has 0 fully saturated rings. The Kier molecular flexibility index (Phi) is 19.1. The fraction of sp³-hybridized carbons (Fsp3) is 0.271. The molecule has 4 aromatic carbocycles. The van der Waals surface area contributed by atoms with Gasteiger partial charge in [-0.3, -0.25) is 23.5 Å². The summed E-state index contributed by atoms with van der Waals surface area (Å²) in [6, 6.07) is 19.0. The van der Waals surface area contributed by atoms with E-state index >= 15 is 0 Å². The molecule has 0 aliphatic carbocycles. The number of nitrogens with zero attached hydrogens (tertiary/aromatic N) is 6. The van der Waals surface area contributed by atoms with Crippen LogP contribution in [0, 0.1) is 55.4 Å². The maximum absolute atomic E-state index is 13.1. The average molecular weight is 1010 g/mol. The first-order valence-corrected chi connectivity index (χ1v) is 24.0. The Bertz CT molecular complexity index is 3240. The number of benzene rings is 4. The van der Waals surface area contributed by atoms with Crippen LogP contribution in [0.4, 0.5) is 16.5 Å². The third-order valence-electron chi connectivity index (χ3n) is 10.2. The lowest BCUT2D eigenvalue weighted by atomic mass is 10.0. The number of nitrogen functional groups attached to an aromatic ring is 1. The third-order valence-corrected chi connectivity index (χ3v) is 15.0. The van der Waals surface area contributed by atoms with Gasteiger partial charge in [0.15, 0.2) is 16.4 Å². The summed E-state index contributed by atoms with van der Waals surface area (Å²) in [5.74, 6) is -0.912. The number of nitrogens with two attached hydrogens (primary N) is 1. The Morgan fingerprint density at radius 2 is 1.10 bits per heavy atom. The number of rotatable bonds is 6. The first-order valence-electron chi connectivity index (χ1n) is 19.9. The zero-order valence-electron chi connectivity index (χ0n) is 37.4. The molecule has 0 amide bonds. The second kappa shape index (κ2) is 23.2. The molecule has 356 valence electrons. The van der Waals surface area contributed by atoms with Gasteiger partial charge in [0.1, 0.15) is 22.1 Å². The van der Waals surface area contributed by atoms with Crippen LogP contribution in [-0.2, 0) is 14.6 Å². The van der Waals surface area contributed by atoms with E-state index in [9.17, 15) is 18.0 Å². The van der Waals surface area contributed by atoms with E-state index in [0.29, 0.717) is 36.9 Å². The Morgan fingerprint density at radius 1 is 0.701 bits per heavy atom. The lowest BCUT2D eigenvalue weighted by Gasteiger charge is -2.10. The number of hydrogen-bond donors (Lipinski definition) is 3. The predicted octanol–water partition coefficient (Wildman–Crippen LogP) is 11.6. The number of aromatic nitrogens is 6. The molecule has 0 saturated carbocycles. The zero-order chi connectivity index (χ0) is 48.1. The highest BCUT2D eigenvalue weighted by Crippen LogP contribution is 2.30. The van der Waals surface area contributed by atoms with Gasteiger partial charge in [0, 0.05) is 18.3 Å². The Balaban J connectivity index is 0.000000274. The molecule has 4 N–H and O–H groups in total. The minimum Gasteiger partial charge on any atom is -0.481 e. The van der Waals surface area contributed by atoms with Crippen molar-refractivity contribution in [3.05, 3.63) is 149 Å². The standard InChI is InChI=1S/C21H19ClN4OS.C14H12ClN3O3S2.C9H13N.C2H4O2.2CH4/c1-11-6-5-7-16(22)17(11)26-10-23-19-18(20(26)27)28-21(25-19)24-15-8-12(2)14(4)13(3)9-15;1-3-23(20,21)14-17-12-11(22-14)13(19)18(7-16-12)10-8(2)5-4-6-9(10)15;1-6-4-9(10)5-7(2)8(6)3;1-2(3)4;;/h5-10H,1-4H3,(H,24,25);4-7H,3H2,1-2H3;4-5H,10H2,1-3H3;1H3,(H,3,4);2*1H4. The van der Waals surface area contributed by atoms with E-state index in [1.807, 2.05) is 44.2 Å². The molecule has 0 atom stereocenters. The van der Waals surface area contributed by atoms with Crippen molar-refractivity contribution in [2.24, 2.45) is 0 Å². The van der Waals surface area contributed by atoms with Gasteiger partial charge in [-0.2, -0.15) is 4.98 Å². The Morgan fingerprint density at radius 3 is 1.52 bits per heavy atom. The molecule has 0 saturated heterocycles. The van der Waals surface area contributed by atoms with Crippen molar-refractivity contribution < 1.29 is 18.3 Å². The van der Waals surface area contributed by atoms with Crippen LogP contribution >= 0.6 is 45.9 Å². The van der Waals surface area contributed by atoms with Gasteiger partial charge in [0.05, 0.1) is 27.2 Å². The van der Waals surface area contributed by atoms with Crippen molar-refractivity contribution in [1.82, 2.24) is 29.1 Å². The number of carboxylic acids is 1. The average Bonchev–Trinajstić information content (AvgIpc) is 3.87. The first kappa shape index (κ1) is 55.3. The summed E-state index contributed by atoms with van der Waals surface area (Å²) in [5, 5.41) is 12.3. The summed E-state index contributed by atoms with van der Waals surface area (Å²) >= 11 is 14.7. The molecule has 0 radical (unpaired) electrons. The zero-order valence-corrected chi connectivity index (χ0v) is 41.3. The van der Waals surface area contributed by atoms with Gasteiger partial charge in [0.2, 0.25) is 14.2 Å². The van der Waals surface area contributed by atoms with Crippen molar-refractivity contribution in [2.75, 3.05) is 16.8 Å². The number of carbonyl (C=O) groups is 1. The molecule has 4 aromatic heterocycles. The number of aryl methyl sites for hydroxylation is 6. The van der Waals surface area contributed by atoms with E-state index in [4.69, 9.17) is 38.8 Å². The number of hydrogen-bond acceptors (Lipinski definition) is 13. The molecule has 14 nitrogen and oxygen atoms in total. The summed E-state index contributed by atoms with van der Waals surface area (Å²) < 4.78 is 27.3. The molecule has 0 unspecified atom stereocenters. The van der Waals surface area contributed by atoms with Gasteiger partial charge < -0.3 is 16.2 Å². The van der Waals surface area contributed by atoms with Gasteiger partial charge in [-0.05, 0) is 136 Å². The molecule has 8 aromatic rings. The fourth-order valence-electron chi connectivity index (χ4n) is 6.39. The second-order valence-corrected chi connectivity index (χ2v) is 20.3. The highest BCUT2D eigenvalue weighted by molar-refractivity contribution is 7.93. The monoisotopic (exact) mass is 1010 g/mol. The number of carboxylic acid groups (broad SMARTS) is 1. The van der Waals surface area contributed by atoms with Crippen molar-refractivity contribution >= 4 is 98.9 Å². The summed E-state index contributed by atoms with van der Waals surface area (Å²) in [4.78, 5) is 51.7. The fourth-order valence-corrected chi connectivity index (χ4v) is 10.2. The van der Waals surface area contributed by atoms with Gasteiger partial charge in [-0.1, -0.05) is 91.9 Å². The van der Waals surface area contributed by atoms with Crippen LogP contribution in [0.1, 0.15) is 73.2 Å². The quantitative estimate of drug-likeness (QED) is 0.133. The molecule has 0 spiro atoms. The van der Waals surface area contributed by atoms with E-state index in [1.54, 1.807) is 18.2 Å². The highest BCUT2D eigenvalue weighted by Gasteiger charge is 2.21. The van der Waals surface area contributed by atoms with Gasteiger partial charge in [-0.25, -0.2) is 23.4 Å². The van der Waals surface area contributed by atoms with E-state index in [1.165, 1.54) is 73.4 Å². The normalized spacial score (nSPS) is 10.6. The maximum atomic E-state index is 13.1. The van der Waals surface area contributed by atoms with E-state index in [-0.39, 0.29) is 46.4 Å². The van der Waals surface area contributed by atoms with Crippen molar-refractivity contribution in [2.45, 2.75) is 88.4 Å². The van der Waals surface area contributed by atoms with Crippen LogP contribution in [0.25, 0.3) is 32.1 Å². The van der Waals surface area contributed by atoms with Crippen LogP contribution in [0.5, 0.6) is 0 Å². The lowest BCUT2D eigenvalue weighted by Crippen LogP contribution is -2.19. The Labute approximate surface area is 409 Å². The molecular weight excluding hydrogens is 952 g/mol. The number of thiazole rings is 2. The number of nitrogens with one attached hydrogen (secondary N) is 1.